The molecule has 3 aromatic carbocycles. The number of amides is 2. The lowest BCUT2D eigenvalue weighted by molar-refractivity contribution is -0.141. The molecule has 2 atom stereocenters. The number of hydrogen-bond acceptors (Lipinski definition) is 4. The molecule has 7 heteroatoms. The highest BCUT2D eigenvalue weighted by atomic mass is 16.5. The summed E-state index contributed by atoms with van der Waals surface area (Å²) in [5, 5.41) is 12.4. The number of carboxylic acids is 1. The number of nitrogens with zero attached hydrogens (tertiary/aromatic N) is 1. The Labute approximate surface area is 197 Å². The van der Waals surface area contributed by atoms with E-state index in [0.717, 1.165) is 22.3 Å². The first-order valence-electron chi connectivity index (χ1n) is 11.2. The first kappa shape index (κ1) is 21.7. The number of carbonyl (C=O) groups excluding carboxylic acids is 2. The van der Waals surface area contributed by atoms with Gasteiger partial charge < -0.3 is 20.1 Å². The number of likely N-dealkylation sites (tertiary alicyclic amines) is 1. The summed E-state index contributed by atoms with van der Waals surface area (Å²) in [7, 11) is 0. The maximum absolute atomic E-state index is 12.8. The minimum atomic E-state index is -1.10. The fraction of sp³-hybridized carbons (Fsp3) is 0.222. The van der Waals surface area contributed by atoms with Crippen LogP contribution in [0.3, 0.4) is 0 Å². The van der Waals surface area contributed by atoms with Gasteiger partial charge in [-0.1, -0.05) is 66.7 Å². The zero-order valence-electron chi connectivity index (χ0n) is 18.4. The Balaban J connectivity index is 1.24. The third kappa shape index (κ3) is 4.01. The Morgan fingerprint density at radius 2 is 1.47 bits per heavy atom. The Morgan fingerprint density at radius 3 is 2.09 bits per heavy atom. The predicted molar refractivity (Wildman–Crippen MR) is 126 cm³/mol. The van der Waals surface area contributed by atoms with Gasteiger partial charge >= 0.3 is 12.1 Å². The highest BCUT2D eigenvalue weighted by Gasteiger charge is 2.41. The molecule has 1 aliphatic carbocycles. The number of aliphatic carboxylic acids is 1. The standard InChI is InChI=1S/C27H24N2O5/c30-25(17-8-2-1-3-9-17)29-15-18(14-24(29)26(31)32)28-27(33)34-16-23-21-12-6-4-10-19(21)20-11-5-7-13-22(20)23/h1-13,18,23-24H,14-16H2,(H,28,33)(H,31,32). The molecule has 7 nitrogen and oxygen atoms in total. The zero-order chi connectivity index (χ0) is 23.7. The number of benzene rings is 3. The van der Waals surface area contributed by atoms with Crippen molar-refractivity contribution in [1.82, 2.24) is 10.2 Å². The molecule has 2 N–H and O–H groups in total. The van der Waals surface area contributed by atoms with E-state index in [0.29, 0.717) is 5.56 Å². The normalized spacial score (nSPS) is 18.8. The number of hydrogen-bond donors (Lipinski definition) is 2. The van der Waals surface area contributed by atoms with Crippen molar-refractivity contribution < 1.29 is 24.2 Å². The van der Waals surface area contributed by atoms with Gasteiger partial charge in [0.25, 0.3) is 5.91 Å². The Morgan fingerprint density at radius 1 is 0.882 bits per heavy atom. The van der Waals surface area contributed by atoms with Crippen LogP contribution in [0.25, 0.3) is 11.1 Å². The molecule has 0 radical (unpaired) electrons. The van der Waals surface area contributed by atoms with E-state index in [9.17, 15) is 19.5 Å². The van der Waals surface area contributed by atoms with Crippen LogP contribution in [0.1, 0.15) is 33.8 Å². The summed E-state index contributed by atoms with van der Waals surface area (Å²) in [6, 6.07) is 23.2. The van der Waals surface area contributed by atoms with Gasteiger partial charge in [-0.2, -0.15) is 0 Å². The molecule has 0 bridgehead atoms. The van der Waals surface area contributed by atoms with Gasteiger partial charge in [0.1, 0.15) is 12.6 Å². The molecule has 3 aromatic rings. The molecular weight excluding hydrogens is 432 g/mol. The minimum absolute atomic E-state index is 0.0651. The molecule has 172 valence electrons. The van der Waals surface area contributed by atoms with Gasteiger partial charge in [0.2, 0.25) is 0 Å². The van der Waals surface area contributed by atoms with Crippen LogP contribution in [0, 0.1) is 0 Å². The lowest BCUT2D eigenvalue weighted by Gasteiger charge is -2.21. The Bertz CT molecular complexity index is 1200. The number of carboxylic acid groups (broad SMARTS) is 1. The van der Waals surface area contributed by atoms with Gasteiger partial charge in [-0.15, -0.1) is 0 Å². The van der Waals surface area contributed by atoms with E-state index in [1.54, 1.807) is 30.3 Å². The number of alkyl carbamates (subject to hydrolysis) is 1. The number of rotatable bonds is 5. The molecule has 1 heterocycles. The Hall–Kier alpha value is -4.13. The minimum Gasteiger partial charge on any atom is -0.480 e. The second kappa shape index (κ2) is 9.02. The van der Waals surface area contributed by atoms with Crippen LogP contribution in [0.15, 0.2) is 78.9 Å². The molecule has 2 aliphatic rings. The molecule has 34 heavy (non-hydrogen) atoms. The molecule has 0 saturated carbocycles. The van der Waals surface area contributed by atoms with Crippen LogP contribution in [0.2, 0.25) is 0 Å². The van der Waals surface area contributed by atoms with E-state index in [4.69, 9.17) is 4.74 Å². The van der Waals surface area contributed by atoms with Gasteiger partial charge in [-0.3, -0.25) is 4.79 Å². The molecule has 1 aliphatic heterocycles. The van der Waals surface area contributed by atoms with Crippen LogP contribution in [-0.4, -0.2) is 53.2 Å². The average molecular weight is 456 g/mol. The van der Waals surface area contributed by atoms with Crippen LogP contribution < -0.4 is 5.32 Å². The fourth-order valence-electron chi connectivity index (χ4n) is 4.95. The van der Waals surface area contributed by atoms with E-state index >= 15 is 0 Å². The third-order valence-electron chi connectivity index (χ3n) is 6.53. The second-order valence-corrected chi connectivity index (χ2v) is 8.58. The van der Waals surface area contributed by atoms with Crippen molar-refractivity contribution >= 4 is 18.0 Å². The van der Waals surface area contributed by atoms with Crippen LogP contribution in [0.5, 0.6) is 0 Å². The average Bonchev–Trinajstić information content (AvgIpc) is 3.42. The maximum Gasteiger partial charge on any atom is 0.407 e. The molecule has 1 fully saturated rings. The van der Waals surface area contributed by atoms with E-state index in [2.05, 4.69) is 17.4 Å². The molecule has 2 amide bonds. The molecule has 1 saturated heterocycles. The molecule has 0 aromatic heterocycles. The second-order valence-electron chi connectivity index (χ2n) is 8.58. The number of carbonyl (C=O) groups is 3. The van der Waals surface area contributed by atoms with Gasteiger partial charge in [0.15, 0.2) is 0 Å². The molecule has 2 unspecified atom stereocenters. The van der Waals surface area contributed by atoms with Crippen molar-refractivity contribution in [3.8, 4) is 11.1 Å². The summed E-state index contributed by atoms with van der Waals surface area (Å²) >= 11 is 0. The highest BCUT2D eigenvalue weighted by Crippen LogP contribution is 2.44. The van der Waals surface area contributed by atoms with E-state index in [1.807, 2.05) is 36.4 Å². The summed E-state index contributed by atoms with van der Waals surface area (Å²) in [4.78, 5) is 38.5. The monoisotopic (exact) mass is 456 g/mol. The van der Waals surface area contributed by atoms with Crippen LogP contribution in [0.4, 0.5) is 4.79 Å². The topological polar surface area (TPSA) is 95.9 Å². The molecule has 0 spiro atoms. The largest absolute Gasteiger partial charge is 0.480 e. The summed E-state index contributed by atoms with van der Waals surface area (Å²) in [6.45, 7) is 0.274. The lowest BCUT2D eigenvalue weighted by atomic mass is 9.98. The zero-order valence-corrected chi connectivity index (χ0v) is 18.4. The number of fused-ring (bicyclic) bond motifs is 3. The predicted octanol–water partition coefficient (Wildman–Crippen LogP) is 3.89. The third-order valence-corrected chi connectivity index (χ3v) is 6.53. The summed E-state index contributed by atoms with van der Waals surface area (Å²) in [5.74, 6) is -1.53. The maximum atomic E-state index is 12.8. The fourth-order valence-corrected chi connectivity index (χ4v) is 4.95. The lowest BCUT2D eigenvalue weighted by Crippen LogP contribution is -2.41. The quantitative estimate of drug-likeness (QED) is 0.607. The van der Waals surface area contributed by atoms with E-state index in [-0.39, 0.29) is 31.4 Å². The molecular formula is C27H24N2O5. The summed E-state index contributed by atoms with van der Waals surface area (Å²) in [5.41, 5.74) is 4.92. The SMILES string of the molecule is O=C(NC1CC(C(=O)O)N(C(=O)c2ccccc2)C1)OCC1c2ccccc2-c2ccccc21. The van der Waals surface area contributed by atoms with Gasteiger partial charge in [-0.25, -0.2) is 9.59 Å². The van der Waals surface area contributed by atoms with Crippen molar-refractivity contribution in [3.63, 3.8) is 0 Å². The van der Waals surface area contributed by atoms with Crippen molar-refractivity contribution in [3.05, 3.63) is 95.6 Å². The van der Waals surface area contributed by atoms with Crippen molar-refractivity contribution in [2.75, 3.05) is 13.2 Å². The van der Waals surface area contributed by atoms with E-state index < -0.39 is 24.1 Å². The van der Waals surface area contributed by atoms with Crippen molar-refractivity contribution in [2.45, 2.75) is 24.4 Å². The van der Waals surface area contributed by atoms with Crippen LogP contribution >= 0.6 is 0 Å². The van der Waals surface area contributed by atoms with Gasteiger partial charge in [0, 0.05) is 24.4 Å². The Kier molecular flexibility index (Phi) is 5.76. The molecule has 5 rings (SSSR count). The van der Waals surface area contributed by atoms with Crippen molar-refractivity contribution in [2.24, 2.45) is 0 Å². The first-order chi connectivity index (χ1) is 16.5. The van der Waals surface area contributed by atoms with Gasteiger partial charge in [0.05, 0.1) is 6.04 Å². The van der Waals surface area contributed by atoms with Crippen molar-refractivity contribution in [1.29, 1.82) is 0 Å². The number of nitrogens with one attached hydrogen (secondary N) is 1. The number of ether oxygens (including phenoxy) is 1. The van der Waals surface area contributed by atoms with E-state index in [1.165, 1.54) is 4.90 Å². The highest BCUT2D eigenvalue weighted by molar-refractivity contribution is 5.97. The first-order valence-corrected chi connectivity index (χ1v) is 11.2. The summed E-state index contributed by atoms with van der Waals surface area (Å²) in [6.07, 6.45) is -0.497. The smallest absolute Gasteiger partial charge is 0.407 e. The summed E-state index contributed by atoms with van der Waals surface area (Å²) < 4.78 is 5.58. The van der Waals surface area contributed by atoms with Crippen LogP contribution in [-0.2, 0) is 9.53 Å². The van der Waals surface area contributed by atoms with Gasteiger partial charge in [-0.05, 0) is 34.4 Å².